The van der Waals surface area contributed by atoms with Crippen molar-refractivity contribution in [3.8, 4) is 0 Å². The molecule has 1 atom stereocenters. The van der Waals surface area contributed by atoms with Crippen LogP contribution in [0.2, 0.25) is 0 Å². The fraction of sp³-hybridized carbons (Fsp3) is 0.462. The van der Waals surface area contributed by atoms with Crippen molar-refractivity contribution in [2.45, 2.75) is 26.4 Å². The maximum atomic E-state index is 12.1. The Morgan fingerprint density at radius 2 is 2.00 bits per heavy atom. The van der Waals surface area contributed by atoms with Crippen molar-refractivity contribution in [2.75, 3.05) is 18.8 Å². The Hall–Kier alpha value is -1.55. The number of amides is 1. The van der Waals surface area contributed by atoms with E-state index in [0.717, 1.165) is 0 Å². The Kier molecular flexibility index (Phi) is 4.97. The van der Waals surface area contributed by atoms with E-state index in [-0.39, 0.29) is 12.0 Å². The molecule has 0 heterocycles. The first kappa shape index (κ1) is 13.5. The Morgan fingerprint density at radius 3 is 2.47 bits per heavy atom. The highest BCUT2D eigenvalue weighted by atomic mass is 16.3. The zero-order valence-corrected chi connectivity index (χ0v) is 10.4. The molecule has 0 aliphatic rings. The number of aliphatic hydroxyl groups excluding tert-OH is 1. The molecule has 1 unspecified atom stereocenters. The van der Waals surface area contributed by atoms with E-state index in [4.69, 9.17) is 5.73 Å². The second-order valence-electron chi connectivity index (χ2n) is 4.14. The first-order chi connectivity index (χ1) is 8.04. The molecular weight excluding hydrogens is 216 g/mol. The molecule has 94 valence electrons. The summed E-state index contributed by atoms with van der Waals surface area (Å²) in [6.07, 6.45) is 0.206. The van der Waals surface area contributed by atoms with Crippen LogP contribution in [0.15, 0.2) is 24.3 Å². The molecule has 0 radical (unpaired) electrons. The van der Waals surface area contributed by atoms with Crippen LogP contribution in [0.4, 0.5) is 5.69 Å². The zero-order chi connectivity index (χ0) is 12.8. The normalized spacial score (nSPS) is 12.2. The predicted molar refractivity (Wildman–Crippen MR) is 68.7 cm³/mol. The van der Waals surface area contributed by atoms with Gasteiger partial charge in [-0.2, -0.15) is 0 Å². The smallest absolute Gasteiger partial charge is 0.253 e. The third kappa shape index (κ3) is 4.07. The lowest BCUT2D eigenvalue weighted by Gasteiger charge is -2.21. The monoisotopic (exact) mass is 236 g/mol. The first-order valence-corrected chi connectivity index (χ1v) is 5.87. The van der Waals surface area contributed by atoms with Crippen molar-refractivity contribution in [3.63, 3.8) is 0 Å². The number of hydrogen-bond donors (Lipinski definition) is 2. The first-order valence-electron chi connectivity index (χ1n) is 5.87. The van der Waals surface area contributed by atoms with E-state index in [1.165, 1.54) is 0 Å². The van der Waals surface area contributed by atoms with Crippen molar-refractivity contribution in [2.24, 2.45) is 0 Å². The van der Waals surface area contributed by atoms with Crippen LogP contribution in [0.25, 0.3) is 0 Å². The molecule has 0 spiro atoms. The highest BCUT2D eigenvalue weighted by molar-refractivity contribution is 5.94. The highest BCUT2D eigenvalue weighted by Gasteiger charge is 2.14. The van der Waals surface area contributed by atoms with Gasteiger partial charge in [-0.3, -0.25) is 4.79 Å². The van der Waals surface area contributed by atoms with Crippen LogP contribution in [-0.2, 0) is 0 Å². The fourth-order valence-electron chi connectivity index (χ4n) is 1.55. The molecule has 3 N–H and O–H groups in total. The maximum absolute atomic E-state index is 12.1. The molecule has 4 heteroatoms. The number of anilines is 1. The van der Waals surface area contributed by atoms with Gasteiger partial charge in [0.15, 0.2) is 0 Å². The van der Waals surface area contributed by atoms with Crippen LogP contribution in [0.3, 0.4) is 0 Å². The van der Waals surface area contributed by atoms with E-state index >= 15 is 0 Å². The fourth-order valence-corrected chi connectivity index (χ4v) is 1.55. The maximum Gasteiger partial charge on any atom is 0.253 e. The molecule has 0 aliphatic heterocycles. The molecule has 0 aliphatic carbocycles. The lowest BCUT2D eigenvalue weighted by atomic mass is 10.1. The molecule has 1 amide bonds. The Bertz CT molecular complexity index is 360. The summed E-state index contributed by atoms with van der Waals surface area (Å²) < 4.78 is 0. The standard InChI is InChI=1S/C13H20N2O2/c1-3-15(9-8-10(2)16)13(17)11-4-6-12(14)7-5-11/h4-7,10,16H,3,8-9,14H2,1-2H3. The molecule has 0 saturated heterocycles. The van der Waals surface area contributed by atoms with Gasteiger partial charge >= 0.3 is 0 Å². The van der Waals surface area contributed by atoms with Crippen LogP contribution >= 0.6 is 0 Å². The van der Waals surface area contributed by atoms with Gasteiger partial charge in [0.2, 0.25) is 0 Å². The number of aliphatic hydroxyl groups is 1. The van der Waals surface area contributed by atoms with Crippen LogP contribution < -0.4 is 5.73 Å². The summed E-state index contributed by atoms with van der Waals surface area (Å²) in [5, 5.41) is 9.23. The van der Waals surface area contributed by atoms with Gasteiger partial charge in [-0.1, -0.05) is 0 Å². The minimum atomic E-state index is -0.386. The Morgan fingerprint density at radius 1 is 1.41 bits per heavy atom. The number of nitrogens with zero attached hydrogens (tertiary/aromatic N) is 1. The van der Waals surface area contributed by atoms with Gasteiger partial charge < -0.3 is 15.7 Å². The molecule has 1 aromatic carbocycles. The van der Waals surface area contributed by atoms with Crippen LogP contribution in [0.1, 0.15) is 30.6 Å². The van der Waals surface area contributed by atoms with E-state index in [1.54, 1.807) is 36.1 Å². The van der Waals surface area contributed by atoms with Gasteiger partial charge in [0.1, 0.15) is 0 Å². The van der Waals surface area contributed by atoms with E-state index in [1.807, 2.05) is 6.92 Å². The number of nitrogens with two attached hydrogens (primary N) is 1. The molecule has 1 aromatic rings. The number of rotatable bonds is 5. The largest absolute Gasteiger partial charge is 0.399 e. The zero-order valence-electron chi connectivity index (χ0n) is 10.4. The predicted octanol–water partition coefficient (Wildman–Crippen LogP) is 1.50. The minimum absolute atomic E-state index is 0.0202. The number of carbonyl (C=O) groups is 1. The van der Waals surface area contributed by atoms with Crippen LogP contribution in [0, 0.1) is 0 Å². The number of nitrogen functional groups attached to an aromatic ring is 1. The number of carbonyl (C=O) groups excluding carboxylic acids is 1. The van der Waals surface area contributed by atoms with Crippen LogP contribution in [-0.4, -0.2) is 35.1 Å². The van der Waals surface area contributed by atoms with E-state index in [9.17, 15) is 9.90 Å². The van der Waals surface area contributed by atoms with Gasteiger partial charge in [-0.15, -0.1) is 0 Å². The van der Waals surface area contributed by atoms with Gasteiger partial charge in [0, 0.05) is 24.3 Å². The molecule has 1 rings (SSSR count). The van der Waals surface area contributed by atoms with E-state index in [2.05, 4.69) is 0 Å². The average molecular weight is 236 g/mol. The van der Waals surface area contributed by atoms with Gasteiger partial charge in [-0.05, 0) is 44.5 Å². The van der Waals surface area contributed by atoms with Gasteiger partial charge in [0.05, 0.1) is 6.10 Å². The third-order valence-electron chi connectivity index (χ3n) is 2.64. The number of benzene rings is 1. The SMILES string of the molecule is CCN(CCC(C)O)C(=O)c1ccc(N)cc1. The van der Waals surface area contributed by atoms with Gasteiger partial charge in [-0.25, -0.2) is 0 Å². The van der Waals surface area contributed by atoms with E-state index < -0.39 is 0 Å². The van der Waals surface area contributed by atoms with E-state index in [0.29, 0.717) is 30.8 Å². The van der Waals surface area contributed by atoms with Crippen molar-refractivity contribution < 1.29 is 9.90 Å². The molecular formula is C13H20N2O2. The molecule has 4 nitrogen and oxygen atoms in total. The van der Waals surface area contributed by atoms with Crippen LogP contribution in [0.5, 0.6) is 0 Å². The van der Waals surface area contributed by atoms with Gasteiger partial charge in [0.25, 0.3) is 5.91 Å². The second kappa shape index (κ2) is 6.25. The summed E-state index contributed by atoms with van der Waals surface area (Å²) in [6, 6.07) is 6.89. The third-order valence-corrected chi connectivity index (χ3v) is 2.64. The Labute approximate surface area is 102 Å². The average Bonchev–Trinajstić information content (AvgIpc) is 2.30. The minimum Gasteiger partial charge on any atom is -0.399 e. The highest BCUT2D eigenvalue weighted by Crippen LogP contribution is 2.09. The summed E-state index contributed by atoms with van der Waals surface area (Å²) in [4.78, 5) is 13.8. The van der Waals surface area contributed by atoms with Crippen molar-refractivity contribution in [3.05, 3.63) is 29.8 Å². The molecule has 0 aromatic heterocycles. The summed E-state index contributed by atoms with van der Waals surface area (Å²) in [5.41, 5.74) is 6.85. The lowest BCUT2D eigenvalue weighted by Crippen LogP contribution is -2.33. The van der Waals surface area contributed by atoms with Crippen molar-refractivity contribution in [1.29, 1.82) is 0 Å². The molecule has 17 heavy (non-hydrogen) atoms. The van der Waals surface area contributed by atoms with Crippen molar-refractivity contribution >= 4 is 11.6 Å². The summed E-state index contributed by atoms with van der Waals surface area (Å²) in [7, 11) is 0. The topological polar surface area (TPSA) is 66.6 Å². The summed E-state index contributed by atoms with van der Waals surface area (Å²) in [5.74, 6) is -0.0202. The molecule has 0 bridgehead atoms. The molecule has 0 fully saturated rings. The Balaban J connectivity index is 2.68. The second-order valence-corrected chi connectivity index (χ2v) is 4.14. The van der Waals surface area contributed by atoms with Crippen molar-refractivity contribution in [1.82, 2.24) is 4.90 Å². The number of hydrogen-bond acceptors (Lipinski definition) is 3. The quantitative estimate of drug-likeness (QED) is 0.761. The summed E-state index contributed by atoms with van der Waals surface area (Å²) >= 11 is 0. The molecule has 0 saturated carbocycles. The summed E-state index contributed by atoms with van der Waals surface area (Å²) in [6.45, 7) is 4.85. The lowest BCUT2D eigenvalue weighted by molar-refractivity contribution is 0.0734.